The van der Waals surface area contributed by atoms with E-state index < -0.39 is 0 Å². The number of likely N-dealkylation sites (tertiary alicyclic amines) is 1. The van der Waals surface area contributed by atoms with E-state index >= 15 is 0 Å². The molecule has 0 spiro atoms. The summed E-state index contributed by atoms with van der Waals surface area (Å²) in [5, 5.41) is 9.53. The van der Waals surface area contributed by atoms with Crippen molar-refractivity contribution in [2.45, 2.75) is 25.4 Å². The fraction of sp³-hybridized carbons (Fsp3) is 0.500. The molecule has 1 aliphatic rings. The Morgan fingerprint density at radius 2 is 2.37 bits per heavy atom. The average molecular weight is 328 g/mol. The lowest BCUT2D eigenvalue weighted by molar-refractivity contribution is -0.134. The third-order valence-electron chi connectivity index (χ3n) is 3.13. The van der Waals surface area contributed by atoms with Crippen LogP contribution in [0.4, 0.5) is 0 Å². The Hall–Kier alpha value is -1.07. The number of β-amino-alcohol motifs (C(OH)–C–C–N with tert-alkyl or cyclic N) is 1. The van der Waals surface area contributed by atoms with Crippen molar-refractivity contribution in [2.75, 3.05) is 19.7 Å². The number of benzene rings is 1. The quantitative estimate of drug-likeness (QED) is 0.922. The standard InChI is InChI=1S/C14H18BrNO3/c15-11-3-1-5-13(9-11)19-8-6-14(18)16-7-2-4-12(17)10-16/h1,3,5,9,12,17H,2,4,6-8,10H2. The summed E-state index contributed by atoms with van der Waals surface area (Å²) in [4.78, 5) is 13.6. The fourth-order valence-corrected chi connectivity index (χ4v) is 2.53. The maximum atomic E-state index is 11.9. The van der Waals surface area contributed by atoms with Gasteiger partial charge in [0.15, 0.2) is 0 Å². The minimum absolute atomic E-state index is 0.0498. The highest BCUT2D eigenvalue weighted by Gasteiger charge is 2.21. The first-order valence-electron chi connectivity index (χ1n) is 6.49. The first-order chi connectivity index (χ1) is 9.15. The van der Waals surface area contributed by atoms with Gasteiger partial charge in [0.05, 0.1) is 19.1 Å². The van der Waals surface area contributed by atoms with Gasteiger partial charge in [0.1, 0.15) is 5.75 Å². The van der Waals surface area contributed by atoms with Gasteiger partial charge in [-0.1, -0.05) is 22.0 Å². The number of ether oxygens (including phenoxy) is 1. The van der Waals surface area contributed by atoms with E-state index in [2.05, 4.69) is 15.9 Å². The molecular formula is C14H18BrNO3. The summed E-state index contributed by atoms with van der Waals surface area (Å²) < 4.78 is 6.49. The van der Waals surface area contributed by atoms with E-state index in [1.807, 2.05) is 24.3 Å². The zero-order valence-corrected chi connectivity index (χ0v) is 12.3. The van der Waals surface area contributed by atoms with Crippen molar-refractivity contribution in [1.82, 2.24) is 4.90 Å². The first-order valence-corrected chi connectivity index (χ1v) is 7.28. The summed E-state index contributed by atoms with van der Waals surface area (Å²) in [7, 11) is 0. The number of hydrogen-bond donors (Lipinski definition) is 1. The van der Waals surface area contributed by atoms with E-state index in [4.69, 9.17) is 4.74 Å². The maximum absolute atomic E-state index is 11.9. The molecule has 1 heterocycles. The van der Waals surface area contributed by atoms with Crippen molar-refractivity contribution in [3.63, 3.8) is 0 Å². The van der Waals surface area contributed by atoms with Gasteiger partial charge in [-0.05, 0) is 31.0 Å². The van der Waals surface area contributed by atoms with Gasteiger partial charge in [-0.15, -0.1) is 0 Å². The number of carbonyl (C=O) groups excluding carboxylic acids is 1. The number of halogens is 1. The van der Waals surface area contributed by atoms with Crippen molar-refractivity contribution in [2.24, 2.45) is 0 Å². The topological polar surface area (TPSA) is 49.8 Å². The molecule has 1 saturated heterocycles. The minimum Gasteiger partial charge on any atom is -0.493 e. The smallest absolute Gasteiger partial charge is 0.226 e. The molecule has 4 nitrogen and oxygen atoms in total. The largest absolute Gasteiger partial charge is 0.493 e. The molecule has 104 valence electrons. The Bertz CT molecular complexity index is 438. The lowest BCUT2D eigenvalue weighted by Crippen LogP contribution is -2.42. The number of carbonyl (C=O) groups is 1. The Kier molecular flexibility index (Phi) is 5.22. The molecule has 1 fully saturated rings. The zero-order valence-electron chi connectivity index (χ0n) is 10.7. The van der Waals surface area contributed by atoms with Crippen LogP contribution in [0.25, 0.3) is 0 Å². The Labute approximate surface area is 121 Å². The molecule has 19 heavy (non-hydrogen) atoms. The van der Waals surface area contributed by atoms with E-state index in [-0.39, 0.29) is 12.0 Å². The van der Waals surface area contributed by atoms with Crippen molar-refractivity contribution in [3.8, 4) is 5.75 Å². The van der Waals surface area contributed by atoms with Crippen molar-refractivity contribution < 1.29 is 14.6 Å². The minimum atomic E-state index is -0.372. The summed E-state index contributed by atoms with van der Waals surface area (Å²) in [5.74, 6) is 0.801. The van der Waals surface area contributed by atoms with Crippen molar-refractivity contribution in [3.05, 3.63) is 28.7 Å². The van der Waals surface area contributed by atoms with Crippen LogP contribution in [0.5, 0.6) is 5.75 Å². The summed E-state index contributed by atoms with van der Waals surface area (Å²) in [5.41, 5.74) is 0. The van der Waals surface area contributed by atoms with Crippen LogP contribution >= 0.6 is 15.9 Å². The number of aliphatic hydroxyl groups excluding tert-OH is 1. The van der Waals surface area contributed by atoms with E-state index in [1.165, 1.54) is 0 Å². The molecule has 0 saturated carbocycles. The second-order valence-corrected chi connectivity index (χ2v) is 5.61. The molecular weight excluding hydrogens is 310 g/mol. The summed E-state index contributed by atoms with van der Waals surface area (Å²) >= 11 is 3.37. The third kappa shape index (κ3) is 4.51. The number of aliphatic hydroxyl groups is 1. The van der Waals surface area contributed by atoms with Crippen molar-refractivity contribution >= 4 is 21.8 Å². The van der Waals surface area contributed by atoms with Gasteiger partial charge in [-0.25, -0.2) is 0 Å². The number of nitrogens with zero attached hydrogens (tertiary/aromatic N) is 1. The van der Waals surface area contributed by atoms with Gasteiger partial charge in [-0.2, -0.15) is 0 Å². The molecule has 1 aliphatic heterocycles. The van der Waals surface area contributed by atoms with Crippen LogP contribution in [0.1, 0.15) is 19.3 Å². The highest BCUT2D eigenvalue weighted by Crippen LogP contribution is 2.18. The Morgan fingerprint density at radius 3 is 3.11 bits per heavy atom. The lowest BCUT2D eigenvalue weighted by atomic mass is 10.1. The van der Waals surface area contributed by atoms with Crippen LogP contribution in [0, 0.1) is 0 Å². The molecule has 5 heteroatoms. The van der Waals surface area contributed by atoms with Gasteiger partial charge in [-0.3, -0.25) is 4.79 Å². The number of rotatable bonds is 4. The maximum Gasteiger partial charge on any atom is 0.226 e. The second-order valence-electron chi connectivity index (χ2n) is 4.69. The van der Waals surface area contributed by atoms with Crippen LogP contribution < -0.4 is 4.74 Å². The monoisotopic (exact) mass is 327 g/mol. The molecule has 0 bridgehead atoms. The predicted molar refractivity (Wildman–Crippen MR) is 76.1 cm³/mol. The van der Waals surface area contributed by atoms with E-state index in [0.717, 1.165) is 29.6 Å². The van der Waals surface area contributed by atoms with E-state index in [9.17, 15) is 9.90 Å². The number of amides is 1. The normalized spacial score (nSPS) is 19.3. The Balaban J connectivity index is 1.74. The SMILES string of the molecule is O=C(CCOc1cccc(Br)c1)N1CCCC(O)C1. The van der Waals surface area contributed by atoms with Gasteiger partial charge in [0, 0.05) is 17.6 Å². The van der Waals surface area contributed by atoms with Crippen LogP contribution in [-0.4, -0.2) is 41.7 Å². The number of hydrogen-bond acceptors (Lipinski definition) is 3. The summed E-state index contributed by atoms with van der Waals surface area (Å²) in [6.45, 7) is 1.56. The molecule has 0 radical (unpaired) electrons. The van der Waals surface area contributed by atoms with Gasteiger partial charge in [0.2, 0.25) is 5.91 Å². The van der Waals surface area contributed by atoms with Gasteiger partial charge in [0.25, 0.3) is 0 Å². The molecule has 0 aliphatic carbocycles. The Morgan fingerprint density at radius 1 is 1.53 bits per heavy atom. The predicted octanol–water partition coefficient (Wildman–Crippen LogP) is 2.20. The van der Waals surface area contributed by atoms with Crippen LogP contribution in [0.2, 0.25) is 0 Å². The average Bonchev–Trinajstić information content (AvgIpc) is 2.38. The molecule has 1 amide bonds. The van der Waals surface area contributed by atoms with Gasteiger partial charge < -0.3 is 14.7 Å². The first kappa shape index (κ1) is 14.3. The van der Waals surface area contributed by atoms with E-state index in [1.54, 1.807) is 4.90 Å². The molecule has 1 atom stereocenters. The van der Waals surface area contributed by atoms with Crippen LogP contribution in [0.15, 0.2) is 28.7 Å². The highest BCUT2D eigenvalue weighted by molar-refractivity contribution is 9.10. The lowest BCUT2D eigenvalue weighted by Gasteiger charge is -2.30. The molecule has 0 aromatic heterocycles. The van der Waals surface area contributed by atoms with E-state index in [0.29, 0.717) is 19.6 Å². The summed E-state index contributed by atoms with van der Waals surface area (Å²) in [6, 6.07) is 7.55. The third-order valence-corrected chi connectivity index (χ3v) is 3.62. The van der Waals surface area contributed by atoms with Crippen LogP contribution in [-0.2, 0) is 4.79 Å². The molecule has 1 aromatic rings. The number of piperidine rings is 1. The second kappa shape index (κ2) is 6.91. The van der Waals surface area contributed by atoms with Crippen LogP contribution in [0.3, 0.4) is 0 Å². The summed E-state index contributed by atoms with van der Waals surface area (Å²) in [6.07, 6.45) is 1.64. The van der Waals surface area contributed by atoms with Crippen molar-refractivity contribution in [1.29, 1.82) is 0 Å². The fourth-order valence-electron chi connectivity index (χ4n) is 2.15. The molecule has 1 unspecified atom stereocenters. The molecule has 1 aromatic carbocycles. The highest BCUT2D eigenvalue weighted by atomic mass is 79.9. The van der Waals surface area contributed by atoms with Gasteiger partial charge >= 0.3 is 0 Å². The zero-order chi connectivity index (χ0) is 13.7. The molecule has 1 N–H and O–H groups in total. The molecule has 2 rings (SSSR count).